The van der Waals surface area contributed by atoms with E-state index in [1.165, 1.54) is 21.8 Å². The molecule has 3 aromatic carbocycles. The van der Waals surface area contributed by atoms with E-state index in [0.29, 0.717) is 16.5 Å². The second-order valence-corrected chi connectivity index (χ2v) is 7.93. The predicted octanol–water partition coefficient (Wildman–Crippen LogP) is 3.96. The van der Waals surface area contributed by atoms with Crippen LogP contribution in [0.25, 0.3) is 10.8 Å². The Kier molecular flexibility index (Phi) is 6.37. The van der Waals surface area contributed by atoms with Gasteiger partial charge in [0.2, 0.25) is 5.16 Å². The molecule has 0 saturated carbocycles. The molecule has 32 heavy (non-hydrogen) atoms. The molecule has 9 heteroatoms. The molecule has 0 bridgehead atoms. The van der Waals surface area contributed by atoms with Gasteiger partial charge in [0.1, 0.15) is 5.75 Å². The summed E-state index contributed by atoms with van der Waals surface area (Å²) in [7, 11) is 1.56. The number of nitrogens with one attached hydrogen (secondary N) is 1. The van der Waals surface area contributed by atoms with Gasteiger partial charge in [0.25, 0.3) is 5.95 Å². The fourth-order valence-electron chi connectivity index (χ4n) is 3.07. The molecule has 0 aliphatic carbocycles. The zero-order chi connectivity index (χ0) is 22.5. The lowest BCUT2D eigenvalue weighted by Crippen LogP contribution is -2.14. The van der Waals surface area contributed by atoms with Crippen LogP contribution in [0, 0.1) is 0 Å². The number of hydrazone groups is 1. The number of benzene rings is 3. The first-order valence-electron chi connectivity index (χ1n) is 9.85. The number of methoxy groups -OCH3 is 1. The van der Waals surface area contributed by atoms with Crippen LogP contribution in [-0.2, 0) is 0 Å². The Labute approximate surface area is 189 Å². The van der Waals surface area contributed by atoms with Crippen LogP contribution >= 0.6 is 11.8 Å². The summed E-state index contributed by atoms with van der Waals surface area (Å²) in [5, 5.41) is 15.2. The van der Waals surface area contributed by atoms with Gasteiger partial charge in [0.15, 0.2) is 5.78 Å². The lowest BCUT2D eigenvalue weighted by Gasteiger charge is -2.06. The van der Waals surface area contributed by atoms with E-state index < -0.39 is 0 Å². The van der Waals surface area contributed by atoms with E-state index in [4.69, 9.17) is 10.6 Å². The minimum absolute atomic E-state index is 0.0587. The average molecular weight is 447 g/mol. The number of nitrogen functional groups attached to an aromatic ring is 1. The maximum Gasteiger partial charge on any atom is 0.264 e. The van der Waals surface area contributed by atoms with Crippen molar-refractivity contribution < 1.29 is 9.53 Å². The molecule has 0 radical (unpaired) electrons. The van der Waals surface area contributed by atoms with Crippen molar-refractivity contribution in [1.29, 1.82) is 0 Å². The lowest BCUT2D eigenvalue weighted by atomic mass is 10.0. The molecule has 4 rings (SSSR count). The third-order valence-electron chi connectivity index (χ3n) is 4.88. The predicted molar refractivity (Wildman–Crippen MR) is 128 cm³/mol. The third kappa shape index (κ3) is 4.73. The zero-order valence-corrected chi connectivity index (χ0v) is 18.5. The van der Waals surface area contributed by atoms with Crippen molar-refractivity contribution in [2.24, 2.45) is 5.10 Å². The molecule has 1 aromatic heterocycles. The van der Waals surface area contributed by atoms with Crippen molar-refractivity contribution in [2.75, 3.05) is 24.1 Å². The van der Waals surface area contributed by atoms with Crippen LogP contribution in [0.2, 0.25) is 0 Å². The smallest absolute Gasteiger partial charge is 0.264 e. The number of hydrogen-bond donors (Lipinski definition) is 2. The van der Waals surface area contributed by atoms with Crippen LogP contribution in [0.1, 0.15) is 22.8 Å². The molecule has 4 aromatic rings. The molecule has 162 valence electrons. The highest BCUT2D eigenvalue weighted by Crippen LogP contribution is 2.20. The van der Waals surface area contributed by atoms with Gasteiger partial charge in [0.05, 0.1) is 18.6 Å². The van der Waals surface area contributed by atoms with E-state index in [2.05, 4.69) is 45.0 Å². The molecule has 0 unspecified atom stereocenters. The molecule has 0 fully saturated rings. The minimum Gasteiger partial charge on any atom is -0.497 e. The normalized spacial score (nSPS) is 11.5. The number of nitrogens with zero attached hydrogens (tertiary/aromatic N) is 4. The third-order valence-corrected chi connectivity index (χ3v) is 5.82. The Bertz CT molecular complexity index is 1300. The Morgan fingerprint density at radius 3 is 2.69 bits per heavy atom. The van der Waals surface area contributed by atoms with E-state index >= 15 is 0 Å². The lowest BCUT2D eigenvalue weighted by molar-refractivity contribution is 0.102. The van der Waals surface area contributed by atoms with Crippen molar-refractivity contribution in [3.63, 3.8) is 0 Å². The molecule has 0 spiro atoms. The van der Waals surface area contributed by atoms with Crippen molar-refractivity contribution >= 4 is 40.0 Å². The summed E-state index contributed by atoms with van der Waals surface area (Å²) in [5.74, 6) is 7.10. The van der Waals surface area contributed by atoms with Crippen LogP contribution in [0.3, 0.4) is 0 Å². The summed E-state index contributed by atoms with van der Waals surface area (Å²) < 4.78 is 6.44. The van der Waals surface area contributed by atoms with Crippen molar-refractivity contribution in [3.8, 4) is 5.75 Å². The Hall–Kier alpha value is -3.85. The van der Waals surface area contributed by atoms with Crippen LogP contribution in [0.4, 0.5) is 5.95 Å². The number of Topliss-reactive ketones (excluding diaryl/α,β-unsaturated/α-hetero) is 1. The van der Waals surface area contributed by atoms with E-state index in [1.807, 2.05) is 25.1 Å². The summed E-state index contributed by atoms with van der Waals surface area (Å²) in [6, 6.07) is 21.3. The molecule has 0 aliphatic heterocycles. The molecule has 0 saturated heterocycles. The fraction of sp³-hybridized carbons (Fsp3) is 0.130. The SMILES string of the molecule is COc1cccc(C(=O)CSc2nnc(N/N=C(\C)c3ccc4ccccc4c3)n2N)c1. The highest BCUT2D eigenvalue weighted by Gasteiger charge is 2.14. The first kappa shape index (κ1) is 21.4. The Morgan fingerprint density at radius 1 is 1.06 bits per heavy atom. The molecule has 0 amide bonds. The molecule has 0 aliphatic rings. The first-order chi connectivity index (χ1) is 15.5. The second-order valence-electron chi connectivity index (χ2n) is 6.99. The van der Waals surface area contributed by atoms with Crippen LogP contribution in [0.5, 0.6) is 5.75 Å². The van der Waals surface area contributed by atoms with Crippen LogP contribution < -0.4 is 16.0 Å². The van der Waals surface area contributed by atoms with Gasteiger partial charge in [-0.1, -0.05) is 60.3 Å². The van der Waals surface area contributed by atoms with E-state index in [1.54, 1.807) is 31.4 Å². The maximum atomic E-state index is 12.5. The quantitative estimate of drug-likeness (QED) is 0.139. The van der Waals surface area contributed by atoms with E-state index in [-0.39, 0.29) is 17.5 Å². The van der Waals surface area contributed by atoms with Gasteiger partial charge < -0.3 is 10.6 Å². The molecule has 3 N–H and O–H groups in total. The number of rotatable bonds is 8. The fourth-order valence-corrected chi connectivity index (χ4v) is 3.83. The molecular formula is C23H22N6O2S. The molecule has 0 atom stereocenters. The summed E-state index contributed by atoms with van der Waals surface area (Å²) >= 11 is 1.20. The number of aromatic nitrogens is 3. The first-order valence-corrected chi connectivity index (χ1v) is 10.8. The van der Waals surface area contributed by atoms with Gasteiger partial charge >= 0.3 is 0 Å². The largest absolute Gasteiger partial charge is 0.497 e. The van der Waals surface area contributed by atoms with Crippen molar-refractivity contribution in [1.82, 2.24) is 14.9 Å². The number of anilines is 1. The Morgan fingerprint density at radius 2 is 1.88 bits per heavy atom. The number of fused-ring (bicyclic) bond motifs is 1. The van der Waals surface area contributed by atoms with E-state index in [0.717, 1.165) is 16.7 Å². The monoisotopic (exact) mass is 446 g/mol. The van der Waals surface area contributed by atoms with Crippen molar-refractivity contribution in [2.45, 2.75) is 12.1 Å². The Balaban J connectivity index is 1.41. The summed E-state index contributed by atoms with van der Waals surface area (Å²) in [5.41, 5.74) is 5.18. The van der Waals surface area contributed by atoms with Crippen LogP contribution in [-0.4, -0.2) is 39.2 Å². The zero-order valence-electron chi connectivity index (χ0n) is 17.6. The minimum atomic E-state index is -0.0587. The topological polar surface area (TPSA) is 107 Å². The summed E-state index contributed by atoms with van der Waals surface area (Å²) in [4.78, 5) is 12.5. The molecular weight excluding hydrogens is 424 g/mol. The number of carbonyl (C=O) groups is 1. The number of nitrogens with two attached hydrogens (primary N) is 1. The highest BCUT2D eigenvalue weighted by molar-refractivity contribution is 7.99. The second kappa shape index (κ2) is 9.52. The maximum absolute atomic E-state index is 12.5. The number of ether oxygens (including phenoxy) is 1. The number of ketones is 1. The van der Waals surface area contributed by atoms with Gasteiger partial charge in [-0.2, -0.15) is 5.10 Å². The van der Waals surface area contributed by atoms with Gasteiger partial charge in [-0.25, -0.2) is 10.1 Å². The summed E-state index contributed by atoms with van der Waals surface area (Å²) in [6.45, 7) is 1.90. The van der Waals surface area contributed by atoms with Crippen molar-refractivity contribution in [3.05, 3.63) is 77.9 Å². The van der Waals surface area contributed by atoms with Crippen LogP contribution in [0.15, 0.2) is 77.0 Å². The van der Waals surface area contributed by atoms with Gasteiger partial charge in [-0.05, 0) is 41.5 Å². The average Bonchev–Trinajstić information content (AvgIpc) is 3.19. The standard InChI is InChI=1S/C23H22N6O2S/c1-15(17-11-10-16-6-3-4-7-18(16)12-17)25-26-22-27-28-23(29(22)24)32-14-21(30)19-8-5-9-20(13-19)31-2/h3-13H,14,24H2,1-2H3,(H,26,27)/b25-15+. The van der Waals surface area contributed by atoms with Gasteiger partial charge in [0, 0.05) is 5.56 Å². The number of thioether (sulfide) groups is 1. The van der Waals surface area contributed by atoms with Gasteiger partial charge in [-0.15, -0.1) is 10.2 Å². The number of carbonyl (C=O) groups excluding carboxylic acids is 1. The molecule has 1 heterocycles. The molecule has 8 nitrogen and oxygen atoms in total. The summed E-state index contributed by atoms with van der Waals surface area (Å²) in [6.07, 6.45) is 0. The number of hydrogen-bond acceptors (Lipinski definition) is 8. The van der Waals surface area contributed by atoms with Gasteiger partial charge in [-0.3, -0.25) is 4.79 Å². The van der Waals surface area contributed by atoms with E-state index in [9.17, 15) is 4.79 Å². The highest BCUT2D eigenvalue weighted by atomic mass is 32.2.